The molecule has 0 aromatic heterocycles. The SMILES string of the molecule is NC1=NC(=O)C2N=C(Br)N(C3OC(CO)C(O)C3O)C2=N1. The molecule has 3 aliphatic heterocycles. The third kappa shape index (κ3) is 2.17. The summed E-state index contributed by atoms with van der Waals surface area (Å²) in [5.74, 6) is -0.654. The van der Waals surface area contributed by atoms with Gasteiger partial charge in [0, 0.05) is 0 Å². The van der Waals surface area contributed by atoms with Crippen molar-refractivity contribution in [3.05, 3.63) is 0 Å². The van der Waals surface area contributed by atoms with Gasteiger partial charge in [-0.1, -0.05) is 0 Å². The maximum atomic E-state index is 11.8. The third-order valence-corrected chi connectivity index (χ3v) is 3.97. The first kappa shape index (κ1) is 14.5. The van der Waals surface area contributed by atoms with Gasteiger partial charge in [0.2, 0.25) is 5.96 Å². The summed E-state index contributed by atoms with van der Waals surface area (Å²) in [6.45, 7) is -0.463. The van der Waals surface area contributed by atoms with E-state index in [9.17, 15) is 15.0 Å². The lowest BCUT2D eigenvalue weighted by Gasteiger charge is -2.28. The van der Waals surface area contributed by atoms with Crippen molar-refractivity contribution in [1.82, 2.24) is 4.90 Å². The van der Waals surface area contributed by atoms with Crippen molar-refractivity contribution in [1.29, 1.82) is 0 Å². The Morgan fingerprint density at radius 2 is 2.05 bits per heavy atom. The number of amides is 1. The lowest BCUT2D eigenvalue weighted by atomic mass is 10.1. The summed E-state index contributed by atoms with van der Waals surface area (Å²) in [6, 6.07) is -0.965. The Hall–Kier alpha value is -1.40. The number of hydrogen-bond acceptors (Lipinski definition) is 9. The van der Waals surface area contributed by atoms with Gasteiger partial charge in [0.15, 0.2) is 22.9 Å². The molecule has 0 aliphatic carbocycles. The molecule has 0 aromatic rings. The van der Waals surface area contributed by atoms with Crippen LogP contribution in [0.2, 0.25) is 0 Å². The largest absolute Gasteiger partial charge is 0.394 e. The molecule has 5 unspecified atom stereocenters. The van der Waals surface area contributed by atoms with Crippen LogP contribution in [0.1, 0.15) is 0 Å². The summed E-state index contributed by atoms with van der Waals surface area (Å²) in [5.41, 5.74) is 5.46. The van der Waals surface area contributed by atoms with Crippen LogP contribution in [0.25, 0.3) is 0 Å². The minimum atomic E-state index is -1.32. The van der Waals surface area contributed by atoms with Crippen LogP contribution in [-0.2, 0) is 9.53 Å². The van der Waals surface area contributed by atoms with Gasteiger partial charge < -0.3 is 25.8 Å². The highest BCUT2D eigenvalue weighted by atomic mass is 79.9. The zero-order chi connectivity index (χ0) is 15.3. The number of fused-ring (bicyclic) bond motifs is 1. The van der Waals surface area contributed by atoms with E-state index in [2.05, 4.69) is 30.9 Å². The molecule has 10 nitrogen and oxygen atoms in total. The van der Waals surface area contributed by atoms with Crippen molar-refractivity contribution in [2.45, 2.75) is 30.6 Å². The van der Waals surface area contributed by atoms with E-state index in [-0.39, 0.29) is 16.5 Å². The number of ether oxygens (including phenoxy) is 1. The number of hydrogen-bond donors (Lipinski definition) is 4. The second-order valence-corrected chi connectivity index (χ2v) is 5.39. The second kappa shape index (κ2) is 5.10. The molecule has 11 heteroatoms. The summed E-state index contributed by atoms with van der Waals surface area (Å²) in [5, 5.41) is 29.0. The van der Waals surface area contributed by atoms with E-state index in [1.54, 1.807) is 0 Å². The molecule has 1 saturated heterocycles. The van der Waals surface area contributed by atoms with E-state index in [1.807, 2.05) is 0 Å². The molecule has 114 valence electrons. The first-order valence-corrected chi connectivity index (χ1v) is 6.85. The van der Waals surface area contributed by atoms with Gasteiger partial charge in [-0.25, -0.2) is 4.99 Å². The van der Waals surface area contributed by atoms with Crippen LogP contribution in [0.4, 0.5) is 0 Å². The first-order chi connectivity index (χ1) is 9.93. The van der Waals surface area contributed by atoms with Crippen LogP contribution >= 0.6 is 15.9 Å². The highest BCUT2D eigenvalue weighted by Gasteiger charge is 2.51. The molecule has 3 rings (SSSR count). The average molecular weight is 362 g/mol. The van der Waals surface area contributed by atoms with Gasteiger partial charge in [0.1, 0.15) is 18.3 Å². The normalized spacial score (nSPS) is 39.0. The van der Waals surface area contributed by atoms with Crippen molar-refractivity contribution >= 4 is 38.4 Å². The van der Waals surface area contributed by atoms with E-state index in [4.69, 9.17) is 15.6 Å². The summed E-state index contributed by atoms with van der Waals surface area (Å²) in [6.07, 6.45) is -4.60. The van der Waals surface area contributed by atoms with Crippen LogP contribution in [0, 0.1) is 0 Å². The van der Waals surface area contributed by atoms with E-state index in [1.165, 1.54) is 4.90 Å². The molecule has 0 saturated carbocycles. The monoisotopic (exact) mass is 361 g/mol. The molecule has 21 heavy (non-hydrogen) atoms. The lowest BCUT2D eigenvalue weighted by molar-refractivity contribution is -0.117. The number of aliphatic imine (C=N–C) groups is 3. The molecule has 0 radical (unpaired) electrons. The highest BCUT2D eigenvalue weighted by molar-refractivity contribution is 9.18. The summed E-state index contributed by atoms with van der Waals surface area (Å²) in [4.78, 5) is 24.6. The molecule has 5 N–H and O–H groups in total. The topological polar surface area (TPSA) is 153 Å². The average Bonchev–Trinajstić information content (AvgIpc) is 2.89. The number of rotatable bonds is 2. The van der Waals surface area contributed by atoms with Crippen molar-refractivity contribution in [3.8, 4) is 0 Å². The number of carbonyl (C=O) groups is 1. The Balaban J connectivity index is 1.94. The standard InChI is InChI=1S/C10H12BrN5O5/c11-9-13-3-6(14-10(12)15-7(3)20)16(9)8-5(19)4(18)2(1-17)21-8/h2-5,8,17-19H,1H2,(H2,12,15,20). The predicted octanol–water partition coefficient (Wildman–Crippen LogP) is -2.89. The molecular formula is C10H12BrN5O5. The van der Waals surface area contributed by atoms with Gasteiger partial charge in [-0.2, -0.15) is 9.98 Å². The maximum absolute atomic E-state index is 11.8. The molecule has 0 spiro atoms. The Morgan fingerprint density at radius 3 is 2.67 bits per heavy atom. The number of carbonyl (C=O) groups excluding carboxylic acids is 1. The van der Waals surface area contributed by atoms with E-state index < -0.39 is 43.1 Å². The number of aliphatic hydroxyl groups excluding tert-OH is 3. The maximum Gasteiger partial charge on any atom is 0.281 e. The number of nitrogens with two attached hydrogens (primary N) is 1. The quantitative estimate of drug-likeness (QED) is 0.385. The molecule has 0 bridgehead atoms. The van der Waals surface area contributed by atoms with E-state index >= 15 is 0 Å². The predicted molar refractivity (Wildman–Crippen MR) is 73.8 cm³/mol. The van der Waals surface area contributed by atoms with Crippen LogP contribution < -0.4 is 5.73 Å². The minimum absolute atomic E-state index is 0.147. The van der Waals surface area contributed by atoms with Gasteiger partial charge in [-0.15, -0.1) is 0 Å². The van der Waals surface area contributed by atoms with E-state index in [0.717, 1.165) is 0 Å². The minimum Gasteiger partial charge on any atom is -0.394 e. The number of guanidine groups is 1. The third-order valence-electron chi connectivity index (χ3n) is 3.39. The van der Waals surface area contributed by atoms with Crippen molar-refractivity contribution in [3.63, 3.8) is 0 Å². The molecular weight excluding hydrogens is 350 g/mol. The molecule has 5 atom stereocenters. The summed E-state index contributed by atoms with van der Waals surface area (Å²) < 4.78 is 5.60. The zero-order valence-electron chi connectivity index (χ0n) is 10.5. The molecule has 3 heterocycles. The fourth-order valence-electron chi connectivity index (χ4n) is 2.38. The van der Waals surface area contributed by atoms with Gasteiger partial charge in [-0.3, -0.25) is 9.69 Å². The summed E-state index contributed by atoms with van der Waals surface area (Å²) >= 11 is 3.16. The van der Waals surface area contributed by atoms with Crippen molar-refractivity contribution in [2.75, 3.05) is 6.61 Å². The van der Waals surface area contributed by atoms with Gasteiger partial charge >= 0.3 is 0 Å². The zero-order valence-corrected chi connectivity index (χ0v) is 12.1. The van der Waals surface area contributed by atoms with E-state index in [0.29, 0.717) is 0 Å². The smallest absolute Gasteiger partial charge is 0.281 e. The first-order valence-electron chi connectivity index (χ1n) is 6.05. The van der Waals surface area contributed by atoms with Gasteiger partial charge in [0.25, 0.3) is 5.91 Å². The Morgan fingerprint density at radius 1 is 1.33 bits per heavy atom. The van der Waals surface area contributed by atoms with Crippen LogP contribution in [-0.4, -0.2) is 79.9 Å². The number of amidine groups is 2. The van der Waals surface area contributed by atoms with Crippen LogP contribution in [0.15, 0.2) is 15.0 Å². The number of aliphatic hydroxyl groups is 3. The van der Waals surface area contributed by atoms with Crippen molar-refractivity contribution < 1.29 is 24.9 Å². The molecule has 1 fully saturated rings. The Kier molecular flexibility index (Phi) is 3.53. The lowest BCUT2D eigenvalue weighted by Crippen LogP contribution is -2.50. The number of nitrogens with zero attached hydrogens (tertiary/aromatic N) is 4. The van der Waals surface area contributed by atoms with Crippen LogP contribution in [0.5, 0.6) is 0 Å². The second-order valence-electron chi connectivity index (χ2n) is 4.68. The fraction of sp³-hybridized carbons (Fsp3) is 0.600. The van der Waals surface area contributed by atoms with Gasteiger partial charge in [0.05, 0.1) is 6.61 Å². The van der Waals surface area contributed by atoms with Crippen LogP contribution in [0.3, 0.4) is 0 Å². The Labute approximate surface area is 126 Å². The van der Waals surface area contributed by atoms with Gasteiger partial charge in [-0.05, 0) is 15.9 Å². The molecule has 1 amide bonds. The summed E-state index contributed by atoms with van der Waals surface area (Å²) in [7, 11) is 0. The molecule has 3 aliphatic rings. The number of halogens is 1. The highest BCUT2D eigenvalue weighted by Crippen LogP contribution is 2.30. The molecule has 0 aromatic carbocycles. The Bertz CT molecular complexity index is 578. The fourth-order valence-corrected chi connectivity index (χ4v) is 2.97. The van der Waals surface area contributed by atoms with Crippen molar-refractivity contribution in [2.24, 2.45) is 20.7 Å².